The summed E-state index contributed by atoms with van der Waals surface area (Å²) >= 11 is 0. The van der Waals surface area contributed by atoms with E-state index in [2.05, 4.69) is 5.32 Å². The number of alkyl halides is 3. The number of methoxy groups -OCH3 is 1. The second-order valence-corrected chi connectivity index (χ2v) is 4.17. The van der Waals surface area contributed by atoms with Gasteiger partial charge in [0.05, 0.1) is 7.11 Å². The van der Waals surface area contributed by atoms with Gasteiger partial charge in [0, 0.05) is 6.42 Å². The molecular formula is C13H18F3NO. The van der Waals surface area contributed by atoms with Crippen LogP contribution in [0, 0.1) is 6.92 Å². The highest BCUT2D eigenvalue weighted by Crippen LogP contribution is 2.27. The Kier molecular flexibility index (Phi) is 5.02. The van der Waals surface area contributed by atoms with E-state index in [9.17, 15) is 13.2 Å². The first-order valence-electron chi connectivity index (χ1n) is 5.82. The predicted octanol–water partition coefficient (Wildman–Crippen LogP) is 3.09. The van der Waals surface area contributed by atoms with Crippen LogP contribution in [-0.4, -0.2) is 25.9 Å². The summed E-state index contributed by atoms with van der Waals surface area (Å²) in [5, 5.41) is 2.46. The van der Waals surface area contributed by atoms with Crippen molar-refractivity contribution in [3.63, 3.8) is 0 Å². The number of hydrogen-bond donors (Lipinski definition) is 1. The van der Waals surface area contributed by atoms with Gasteiger partial charge in [-0.05, 0) is 25.1 Å². The number of hydrogen-bond acceptors (Lipinski definition) is 2. The molecule has 0 aliphatic rings. The molecular weight excluding hydrogens is 243 g/mol. The molecule has 1 unspecified atom stereocenters. The first-order valence-corrected chi connectivity index (χ1v) is 5.82. The van der Waals surface area contributed by atoms with E-state index in [0.29, 0.717) is 11.3 Å². The van der Waals surface area contributed by atoms with Crippen molar-refractivity contribution in [1.29, 1.82) is 0 Å². The maximum absolute atomic E-state index is 12.8. The van der Waals surface area contributed by atoms with E-state index >= 15 is 0 Å². The lowest BCUT2D eigenvalue weighted by Gasteiger charge is -2.22. The number of ether oxygens (including phenoxy) is 1. The zero-order valence-electron chi connectivity index (χ0n) is 10.8. The van der Waals surface area contributed by atoms with E-state index in [0.717, 1.165) is 5.56 Å². The van der Waals surface area contributed by atoms with Gasteiger partial charge in [-0.25, -0.2) is 0 Å². The lowest BCUT2D eigenvalue weighted by Crippen LogP contribution is -2.43. The SMILES string of the molecule is CCNC(Cc1cc(C)ccc1OC)C(F)(F)F. The average Bonchev–Trinajstić information content (AvgIpc) is 2.27. The van der Waals surface area contributed by atoms with Crippen molar-refractivity contribution in [2.24, 2.45) is 0 Å². The van der Waals surface area contributed by atoms with Crippen LogP contribution in [0.3, 0.4) is 0 Å². The first kappa shape index (κ1) is 14.8. The summed E-state index contributed by atoms with van der Waals surface area (Å²) in [6.45, 7) is 3.78. The van der Waals surface area contributed by atoms with Crippen LogP contribution in [0.4, 0.5) is 13.2 Å². The van der Waals surface area contributed by atoms with Crippen molar-refractivity contribution < 1.29 is 17.9 Å². The fourth-order valence-corrected chi connectivity index (χ4v) is 1.84. The highest BCUT2D eigenvalue weighted by atomic mass is 19.4. The quantitative estimate of drug-likeness (QED) is 0.879. The molecule has 5 heteroatoms. The zero-order valence-corrected chi connectivity index (χ0v) is 10.8. The van der Waals surface area contributed by atoms with Crippen LogP contribution in [0.15, 0.2) is 18.2 Å². The Morgan fingerprint density at radius 1 is 1.33 bits per heavy atom. The molecule has 0 spiro atoms. The van der Waals surface area contributed by atoms with Gasteiger partial charge in [0.25, 0.3) is 0 Å². The summed E-state index contributed by atoms with van der Waals surface area (Å²) in [4.78, 5) is 0. The van der Waals surface area contributed by atoms with E-state index in [1.807, 2.05) is 13.0 Å². The second-order valence-electron chi connectivity index (χ2n) is 4.17. The van der Waals surface area contributed by atoms with Crippen LogP contribution in [0.25, 0.3) is 0 Å². The molecule has 2 nitrogen and oxygen atoms in total. The summed E-state index contributed by atoms with van der Waals surface area (Å²) in [6.07, 6.45) is -4.38. The van der Waals surface area contributed by atoms with Gasteiger partial charge in [0.15, 0.2) is 0 Å². The van der Waals surface area contributed by atoms with E-state index in [-0.39, 0.29) is 13.0 Å². The Morgan fingerprint density at radius 2 is 2.00 bits per heavy atom. The Hall–Kier alpha value is -1.23. The number of benzene rings is 1. The van der Waals surface area contributed by atoms with Gasteiger partial charge in [-0.1, -0.05) is 24.6 Å². The molecule has 0 amide bonds. The normalized spacial score (nSPS) is 13.4. The number of nitrogens with one attached hydrogen (secondary N) is 1. The molecule has 1 aromatic carbocycles. The summed E-state index contributed by atoms with van der Waals surface area (Å²) in [5.74, 6) is 0.493. The van der Waals surface area contributed by atoms with Gasteiger partial charge < -0.3 is 10.1 Å². The first-order chi connectivity index (χ1) is 8.38. The minimum absolute atomic E-state index is 0.123. The maximum atomic E-state index is 12.8. The molecule has 102 valence electrons. The third-order valence-corrected chi connectivity index (χ3v) is 2.71. The third-order valence-electron chi connectivity index (χ3n) is 2.71. The van der Waals surface area contributed by atoms with Crippen LogP contribution >= 0.6 is 0 Å². The second kappa shape index (κ2) is 6.09. The Bertz CT molecular complexity index is 390. The summed E-state index contributed by atoms with van der Waals surface area (Å²) in [7, 11) is 1.46. The maximum Gasteiger partial charge on any atom is 0.404 e. The Morgan fingerprint density at radius 3 is 2.50 bits per heavy atom. The van der Waals surface area contributed by atoms with Crippen LogP contribution < -0.4 is 10.1 Å². The molecule has 1 atom stereocenters. The molecule has 0 saturated heterocycles. The standard InChI is InChI=1S/C13H18F3NO/c1-4-17-12(13(14,15)16)8-10-7-9(2)5-6-11(10)18-3/h5-7,12,17H,4,8H2,1-3H3. The summed E-state index contributed by atoms with van der Waals surface area (Å²) < 4.78 is 43.6. The van der Waals surface area contributed by atoms with Gasteiger partial charge >= 0.3 is 6.18 Å². The zero-order chi connectivity index (χ0) is 13.8. The molecule has 0 aliphatic carbocycles. The van der Waals surface area contributed by atoms with E-state index in [1.54, 1.807) is 19.1 Å². The fraction of sp³-hybridized carbons (Fsp3) is 0.538. The van der Waals surface area contributed by atoms with Crippen LogP contribution in [-0.2, 0) is 6.42 Å². The number of aryl methyl sites for hydroxylation is 1. The van der Waals surface area contributed by atoms with Gasteiger partial charge in [-0.3, -0.25) is 0 Å². The Labute approximate surface area is 105 Å². The Balaban J connectivity index is 2.96. The molecule has 0 aliphatic heterocycles. The van der Waals surface area contributed by atoms with Crippen molar-refractivity contribution in [3.05, 3.63) is 29.3 Å². The van der Waals surface area contributed by atoms with Crippen molar-refractivity contribution in [2.45, 2.75) is 32.5 Å². The van der Waals surface area contributed by atoms with E-state index < -0.39 is 12.2 Å². The smallest absolute Gasteiger partial charge is 0.404 e. The molecule has 1 aromatic rings. The van der Waals surface area contributed by atoms with E-state index in [4.69, 9.17) is 4.74 Å². The molecule has 0 bridgehead atoms. The molecule has 1 N–H and O–H groups in total. The average molecular weight is 261 g/mol. The number of halogens is 3. The summed E-state index contributed by atoms with van der Waals surface area (Å²) in [6, 6.07) is 3.70. The minimum atomic E-state index is -4.26. The fourth-order valence-electron chi connectivity index (χ4n) is 1.84. The number of rotatable bonds is 5. The van der Waals surface area contributed by atoms with Crippen molar-refractivity contribution in [1.82, 2.24) is 5.32 Å². The highest BCUT2D eigenvalue weighted by Gasteiger charge is 2.39. The topological polar surface area (TPSA) is 21.3 Å². The number of likely N-dealkylation sites (N-methyl/N-ethyl adjacent to an activating group) is 1. The molecule has 0 radical (unpaired) electrons. The largest absolute Gasteiger partial charge is 0.496 e. The minimum Gasteiger partial charge on any atom is -0.496 e. The van der Waals surface area contributed by atoms with Crippen molar-refractivity contribution >= 4 is 0 Å². The summed E-state index contributed by atoms with van der Waals surface area (Å²) in [5.41, 5.74) is 1.49. The van der Waals surface area contributed by atoms with Crippen LogP contribution in [0.2, 0.25) is 0 Å². The van der Waals surface area contributed by atoms with Gasteiger partial charge in [-0.15, -0.1) is 0 Å². The van der Waals surface area contributed by atoms with E-state index in [1.165, 1.54) is 7.11 Å². The molecule has 1 rings (SSSR count). The van der Waals surface area contributed by atoms with Crippen molar-refractivity contribution in [3.8, 4) is 5.75 Å². The molecule has 0 saturated carbocycles. The monoisotopic (exact) mass is 261 g/mol. The molecule has 0 fully saturated rings. The van der Waals surface area contributed by atoms with Crippen molar-refractivity contribution in [2.75, 3.05) is 13.7 Å². The lowest BCUT2D eigenvalue weighted by molar-refractivity contribution is -0.155. The van der Waals surface area contributed by atoms with Crippen LogP contribution in [0.5, 0.6) is 5.75 Å². The van der Waals surface area contributed by atoms with Crippen LogP contribution in [0.1, 0.15) is 18.1 Å². The van der Waals surface area contributed by atoms with Gasteiger partial charge in [0.1, 0.15) is 11.8 Å². The molecule has 0 aromatic heterocycles. The highest BCUT2D eigenvalue weighted by molar-refractivity contribution is 5.37. The van der Waals surface area contributed by atoms with Gasteiger partial charge in [0.2, 0.25) is 0 Å². The predicted molar refractivity (Wildman–Crippen MR) is 65.0 cm³/mol. The molecule has 18 heavy (non-hydrogen) atoms. The molecule has 0 heterocycles. The van der Waals surface area contributed by atoms with Gasteiger partial charge in [-0.2, -0.15) is 13.2 Å². The third kappa shape index (κ3) is 3.91. The lowest BCUT2D eigenvalue weighted by atomic mass is 10.0.